The number of carbonyl (C=O) groups is 1. The van der Waals surface area contributed by atoms with E-state index in [4.69, 9.17) is 9.47 Å². The highest BCUT2D eigenvalue weighted by molar-refractivity contribution is 5.78. The maximum Gasteiger partial charge on any atom is 0.234 e. The van der Waals surface area contributed by atoms with E-state index in [0.29, 0.717) is 26.4 Å². The van der Waals surface area contributed by atoms with Gasteiger partial charge in [0.25, 0.3) is 0 Å². The number of ether oxygens (including phenoxy) is 2. The van der Waals surface area contributed by atoms with Crippen molar-refractivity contribution in [2.45, 2.75) is 32.9 Å². The highest BCUT2D eigenvalue weighted by Gasteiger charge is 2.06. The molecule has 0 aromatic carbocycles. The zero-order valence-electron chi connectivity index (χ0n) is 11.6. The summed E-state index contributed by atoms with van der Waals surface area (Å²) in [4.78, 5) is 11.3. The lowest BCUT2D eigenvalue weighted by Gasteiger charge is -2.13. The summed E-state index contributed by atoms with van der Waals surface area (Å²) in [6, 6.07) is 0.131. The van der Waals surface area contributed by atoms with E-state index in [0.717, 1.165) is 0 Å². The van der Waals surface area contributed by atoms with Crippen molar-refractivity contribution in [3.05, 3.63) is 0 Å². The molecule has 1 atom stereocenters. The van der Waals surface area contributed by atoms with E-state index in [-0.39, 0.29) is 25.1 Å². The quantitative estimate of drug-likeness (QED) is 0.438. The highest BCUT2D eigenvalue weighted by atomic mass is 16.5. The lowest BCUT2D eigenvalue weighted by Crippen LogP contribution is -2.40. The van der Waals surface area contributed by atoms with Crippen LogP contribution in [0.3, 0.4) is 0 Å². The molecule has 0 aliphatic rings. The first-order chi connectivity index (χ1) is 8.56. The predicted octanol–water partition coefficient (Wildman–Crippen LogP) is -0.485. The van der Waals surface area contributed by atoms with Gasteiger partial charge in [-0.05, 0) is 20.8 Å². The summed E-state index contributed by atoms with van der Waals surface area (Å²) in [5.41, 5.74) is 0. The summed E-state index contributed by atoms with van der Waals surface area (Å²) < 4.78 is 10.3. The first kappa shape index (κ1) is 17.3. The maximum atomic E-state index is 11.3. The lowest BCUT2D eigenvalue weighted by molar-refractivity contribution is -0.120. The van der Waals surface area contributed by atoms with E-state index in [2.05, 4.69) is 10.6 Å². The smallest absolute Gasteiger partial charge is 0.234 e. The summed E-state index contributed by atoms with van der Waals surface area (Å²) in [5.74, 6) is -0.0746. The molecule has 0 bridgehead atoms. The number of rotatable bonds is 11. The van der Waals surface area contributed by atoms with Gasteiger partial charge in [-0.15, -0.1) is 0 Å². The molecule has 6 nitrogen and oxygen atoms in total. The zero-order chi connectivity index (χ0) is 13.8. The van der Waals surface area contributed by atoms with Gasteiger partial charge < -0.3 is 25.2 Å². The topological polar surface area (TPSA) is 79.8 Å². The van der Waals surface area contributed by atoms with Gasteiger partial charge in [-0.1, -0.05) is 0 Å². The molecule has 0 heterocycles. The van der Waals surface area contributed by atoms with Crippen LogP contribution in [0, 0.1) is 0 Å². The maximum absolute atomic E-state index is 11.3. The van der Waals surface area contributed by atoms with E-state index >= 15 is 0 Å². The van der Waals surface area contributed by atoms with Crippen LogP contribution in [0.15, 0.2) is 0 Å². The third-order valence-corrected chi connectivity index (χ3v) is 2.00. The molecule has 6 heteroatoms. The minimum Gasteiger partial charge on any atom is -0.389 e. The Hall–Kier alpha value is -0.690. The molecule has 0 spiro atoms. The van der Waals surface area contributed by atoms with Crippen LogP contribution >= 0.6 is 0 Å². The fourth-order valence-corrected chi connectivity index (χ4v) is 1.27. The van der Waals surface area contributed by atoms with Gasteiger partial charge in [0, 0.05) is 19.2 Å². The van der Waals surface area contributed by atoms with E-state index in [1.807, 2.05) is 20.8 Å². The van der Waals surface area contributed by atoms with Crippen molar-refractivity contribution in [3.8, 4) is 0 Å². The molecule has 0 saturated heterocycles. The Kier molecular flexibility index (Phi) is 11.0. The SMILES string of the molecule is CCOCCOCC(O)CNCC(=O)NC(C)C. The van der Waals surface area contributed by atoms with Crippen LogP contribution in [0.2, 0.25) is 0 Å². The fourth-order valence-electron chi connectivity index (χ4n) is 1.27. The van der Waals surface area contributed by atoms with Gasteiger partial charge >= 0.3 is 0 Å². The van der Waals surface area contributed by atoms with Crippen LogP contribution in [0.1, 0.15) is 20.8 Å². The van der Waals surface area contributed by atoms with Crippen molar-refractivity contribution in [2.75, 3.05) is 39.5 Å². The first-order valence-electron chi connectivity index (χ1n) is 6.39. The number of aliphatic hydroxyl groups is 1. The van der Waals surface area contributed by atoms with Crippen LogP contribution < -0.4 is 10.6 Å². The lowest BCUT2D eigenvalue weighted by atomic mass is 10.3. The molecule has 0 aromatic heterocycles. The summed E-state index contributed by atoms with van der Waals surface area (Å²) in [5, 5.41) is 15.2. The molecule has 0 aliphatic heterocycles. The average Bonchev–Trinajstić information content (AvgIpc) is 2.27. The summed E-state index contributed by atoms with van der Waals surface area (Å²) in [7, 11) is 0. The van der Waals surface area contributed by atoms with E-state index in [1.54, 1.807) is 0 Å². The Bertz CT molecular complexity index is 212. The van der Waals surface area contributed by atoms with E-state index in [9.17, 15) is 9.90 Å². The van der Waals surface area contributed by atoms with Crippen LogP contribution in [0.25, 0.3) is 0 Å². The molecule has 0 aromatic rings. The van der Waals surface area contributed by atoms with Crippen molar-refractivity contribution in [3.63, 3.8) is 0 Å². The first-order valence-corrected chi connectivity index (χ1v) is 6.39. The molecule has 0 aliphatic carbocycles. The van der Waals surface area contributed by atoms with Crippen LogP contribution in [0.5, 0.6) is 0 Å². The molecule has 0 fully saturated rings. The Morgan fingerprint density at radius 3 is 2.56 bits per heavy atom. The van der Waals surface area contributed by atoms with Crippen LogP contribution in [0.4, 0.5) is 0 Å². The molecule has 1 amide bonds. The Balaban J connectivity index is 3.36. The van der Waals surface area contributed by atoms with Crippen LogP contribution in [-0.4, -0.2) is 62.7 Å². The second kappa shape index (κ2) is 11.4. The minimum absolute atomic E-state index is 0.0746. The molecular formula is C12H26N2O4. The molecule has 0 saturated carbocycles. The molecule has 3 N–H and O–H groups in total. The minimum atomic E-state index is -0.613. The van der Waals surface area contributed by atoms with Gasteiger partial charge in [0.1, 0.15) is 0 Å². The average molecular weight is 262 g/mol. The highest BCUT2D eigenvalue weighted by Crippen LogP contribution is 1.85. The third kappa shape index (κ3) is 11.8. The van der Waals surface area contributed by atoms with Crippen molar-refractivity contribution in [1.82, 2.24) is 10.6 Å². The van der Waals surface area contributed by atoms with Crippen molar-refractivity contribution >= 4 is 5.91 Å². The van der Waals surface area contributed by atoms with Crippen LogP contribution in [-0.2, 0) is 14.3 Å². The van der Waals surface area contributed by atoms with E-state index in [1.165, 1.54) is 0 Å². The number of amides is 1. The van der Waals surface area contributed by atoms with Crippen molar-refractivity contribution < 1.29 is 19.4 Å². The van der Waals surface area contributed by atoms with Gasteiger partial charge in [-0.25, -0.2) is 0 Å². The van der Waals surface area contributed by atoms with Gasteiger partial charge in [-0.3, -0.25) is 4.79 Å². The van der Waals surface area contributed by atoms with Gasteiger partial charge in [0.05, 0.1) is 32.5 Å². The summed E-state index contributed by atoms with van der Waals surface area (Å²) >= 11 is 0. The Labute approximate surface area is 109 Å². The molecule has 1 unspecified atom stereocenters. The third-order valence-electron chi connectivity index (χ3n) is 2.00. The fraction of sp³-hybridized carbons (Fsp3) is 0.917. The number of aliphatic hydroxyl groups excluding tert-OH is 1. The molecule has 18 heavy (non-hydrogen) atoms. The number of nitrogens with one attached hydrogen (secondary N) is 2. The second-order valence-electron chi connectivity index (χ2n) is 4.28. The molecule has 0 rings (SSSR count). The van der Waals surface area contributed by atoms with Gasteiger partial charge in [0.15, 0.2) is 0 Å². The Morgan fingerprint density at radius 2 is 1.94 bits per heavy atom. The molecule has 108 valence electrons. The monoisotopic (exact) mass is 262 g/mol. The normalized spacial score (nSPS) is 12.7. The van der Waals surface area contributed by atoms with Gasteiger partial charge in [-0.2, -0.15) is 0 Å². The number of hydrogen-bond donors (Lipinski definition) is 3. The summed E-state index contributed by atoms with van der Waals surface area (Å²) in [6.45, 7) is 8.17. The van der Waals surface area contributed by atoms with Gasteiger partial charge in [0.2, 0.25) is 5.91 Å². The van der Waals surface area contributed by atoms with Crippen molar-refractivity contribution in [1.29, 1.82) is 0 Å². The molecular weight excluding hydrogens is 236 g/mol. The zero-order valence-corrected chi connectivity index (χ0v) is 11.6. The second-order valence-corrected chi connectivity index (χ2v) is 4.28. The summed E-state index contributed by atoms with van der Waals surface area (Å²) in [6.07, 6.45) is -0.613. The Morgan fingerprint density at radius 1 is 1.28 bits per heavy atom. The predicted molar refractivity (Wildman–Crippen MR) is 69.5 cm³/mol. The number of carbonyl (C=O) groups excluding carboxylic acids is 1. The molecule has 0 radical (unpaired) electrons. The number of hydrogen-bond acceptors (Lipinski definition) is 5. The largest absolute Gasteiger partial charge is 0.389 e. The van der Waals surface area contributed by atoms with E-state index < -0.39 is 6.10 Å². The van der Waals surface area contributed by atoms with Crippen molar-refractivity contribution in [2.24, 2.45) is 0 Å². The standard InChI is InChI=1S/C12H26N2O4/c1-4-17-5-6-18-9-11(15)7-13-8-12(16)14-10(2)3/h10-11,13,15H,4-9H2,1-3H3,(H,14,16).